The van der Waals surface area contributed by atoms with E-state index in [4.69, 9.17) is 10.5 Å². The standard InChI is InChI=1S/C13H14F2N2O4/c1-6(2)10(11(18)17-13(16)20)21-12(19)9-7(14)4-3-5-8(9)15/h3-6,10H,1-2H3,(H3,16,17,18,20)/t10-/m0/s1. The number of carbonyl (C=O) groups is 3. The number of carbonyl (C=O) groups excluding carboxylic acids is 3. The first kappa shape index (κ1) is 16.5. The normalized spacial score (nSPS) is 11.9. The van der Waals surface area contributed by atoms with E-state index < -0.39 is 47.1 Å². The van der Waals surface area contributed by atoms with Crippen LogP contribution >= 0.6 is 0 Å². The highest BCUT2D eigenvalue weighted by Gasteiger charge is 2.30. The molecule has 1 rings (SSSR count). The number of nitrogens with two attached hydrogens (primary N) is 1. The van der Waals surface area contributed by atoms with Crippen LogP contribution in [0.3, 0.4) is 0 Å². The van der Waals surface area contributed by atoms with Crippen LogP contribution in [0.2, 0.25) is 0 Å². The van der Waals surface area contributed by atoms with Gasteiger partial charge in [-0.1, -0.05) is 19.9 Å². The average molecular weight is 300 g/mol. The summed E-state index contributed by atoms with van der Waals surface area (Å²) in [5.74, 6) is -5.08. The number of urea groups is 1. The van der Waals surface area contributed by atoms with Gasteiger partial charge in [-0.05, 0) is 18.1 Å². The summed E-state index contributed by atoms with van der Waals surface area (Å²) in [6, 6.07) is 1.72. The Bertz CT molecular complexity index is 555. The molecule has 8 heteroatoms. The predicted molar refractivity (Wildman–Crippen MR) is 68.1 cm³/mol. The maximum atomic E-state index is 13.4. The second-order valence-electron chi connectivity index (χ2n) is 4.52. The van der Waals surface area contributed by atoms with Gasteiger partial charge >= 0.3 is 12.0 Å². The summed E-state index contributed by atoms with van der Waals surface area (Å²) in [6.45, 7) is 3.05. The molecule has 0 saturated carbocycles. The monoisotopic (exact) mass is 300 g/mol. The minimum Gasteiger partial charge on any atom is -0.448 e. The number of nitrogens with one attached hydrogen (secondary N) is 1. The van der Waals surface area contributed by atoms with Gasteiger partial charge in [0, 0.05) is 0 Å². The van der Waals surface area contributed by atoms with Crippen molar-refractivity contribution in [2.24, 2.45) is 11.7 Å². The Hall–Kier alpha value is -2.51. The summed E-state index contributed by atoms with van der Waals surface area (Å²) in [4.78, 5) is 34.1. The lowest BCUT2D eigenvalue weighted by Gasteiger charge is -2.20. The number of benzene rings is 1. The molecule has 114 valence electrons. The van der Waals surface area contributed by atoms with Gasteiger partial charge in [-0.2, -0.15) is 0 Å². The van der Waals surface area contributed by atoms with E-state index in [-0.39, 0.29) is 0 Å². The molecule has 6 nitrogen and oxygen atoms in total. The first-order valence-electron chi connectivity index (χ1n) is 5.99. The number of hydrogen-bond donors (Lipinski definition) is 2. The van der Waals surface area contributed by atoms with E-state index in [1.165, 1.54) is 13.8 Å². The SMILES string of the molecule is CC(C)[C@H](OC(=O)c1c(F)cccc1F)C(=O)NC(N)=O. The molecule has 1 aromatic rings. The Morgan fingerprint density at radius 1 is 1.19 bits per heavy atom. The first-order chi connectivity index (χ1) is 9.73. The molecule has 3 amide bonds. The van der Waals surface area contributed by atoms with Gasteiger partial charge in [-0.25, -0.2) is 18.4 Å². The molecule has 3 N–H and O–H groups in total. The lowest BCUT2D eigenvalue weighted by Crippen LogP contribution is -2.45. The van der Waals surface area contributed by atoms with Crippen molar-refractivity contribution in [1.82, 2.24) is 5.32 Å². The summed E-state index contributed by atoms with van der Waals surface area (Å²) >= 11 is 0. The molecule has 0 aliphatic carbocycles. The van der Waals surface area contributed by atoms with Crippen molar-refractivity contribution < 1.29 is 27.9 Å². The third-order valence-electron chi connectivity index (χ3n) is 2.51. The Morgan fingerprint density at radius 2 is 1.71 bits per heavy atom. The predicted octanol–water partition coefficient (Wildman–Crippen LogP) is 1.34. The Kier molecular flexibility index (Phi) is 5.34. The molecule has 0 spiro atoms. The van der Waals surface area contributed by atoms with Crippen LogP contribution in [-0.4, -0.2) is 24.0 Å². The van der Waals surface area contributed by atoms with Gasteiger partial charge in [0.1, 0.15) is 17.2 Å². The van der Waals surface area contributed by atoms with Crippen LogP contribution in [0.1, 0.15) is 24.2 Å². The summed E-state index contributed by atoms with van der Waals surface area (Å²) in [5.41, 5.74) is 3.88. The molecule has 0 radical (unpaired) electrons. The van der Waals surface area contributed by atoms with E-state index in [0.29, 0.717) is 0 Å². The molecule has 1 aromatic carbocycles. The Labute approximate surface area is 119 Å². The number of primary amides is 1. The third-order valence-corrected chi connectivity index (χ3v) is 2.51. The van der Waals surface area contributed by atoms with Gasteiger partial charge in [0.25, 0.3) is 5.91 Å². The zero-order valence-electron chi connectivity index (χ0n) is 11.4. The smallest absolute Gasteiger partial charge is 0.344 e. The van der Waals surface area contributed by atoms with Crippen LogP contribution in [-0.2, 0) is 9.53 Å². The highest BCUT2D eigenvalue weighted by Crippen LogP contribution is 2.16. The van der Waals surface area contributed by atoms with Crippen LogP contribution in [0, 0.1) is 17.6 Å². The van der Waals surface area contributed by atoms with Crippen molar-refractivity contribution in [2.75, 3.05) is 0 Å². The quantitative estimate of drug-likeness (QED) is 0.820. The fraction of sp³-hybridized carbons (Fsp3) is 0.308. The maximum absolute atomic E-state index is 13.4. The van der Waals surface area contributed by atoms with Crippen molar-refractivity contribution in [1.29, 1.82) is 0 Å². The average Bonchev–Trinajstić information content (AvgIpc) is 2.34. The van der Waals surface area contributed by atoms with Gasteiger partial charge in [0.05, 0.1) is 0 Å². The highest BCUT2D eigenvalue weighted by atomic mass is 19.1. The fourth-order valence-electron chi connectivity index (χ4n) is 1.55. The van der Waals surface area contributed by atoms with Crippen molar-refractivity contribution in [3.05, 3.63) is 35.4 Å². The van der Waals surface area contributed by atoms with E-state index in [0.717, 1.165) is 18.2 Å². The van der Waals surface area contributed by atoms with Gasteiger partial charge in [-0.15, -0.1) is 0 Å². The summed E-state index contributed by atoms with van der Waals surface area (Å²) in [7, 11) is 0. The zero-order chi connectivity index (χ0) is 16.2. The molecule has 0 unspecified atom stereocenters. The molecule has 1 atom stereocenters. The van der Waals surface area contributed by atoms with Gasteiger partial charge in [0.15, 0.2) is 6.10 Å². The van der Waals surface area contributed by atoms with Crippen LogP contribution in [0.25, 0.3) is 0 Å². The summed E-state index contributed by atoms with van der Waals surface area (Å²) in [5, 5.41) is 1.75. The summed E-state index contributed by atoms with van der Waals surface area (Å²) < 4.78 is 31.7. The second kappa shape index (κ2) is 6.78. The lowest BCUT2D eigenvalue weighted by atomic mass is 10.1. The van der Waals surface area contributed by atoms with Crippen molar-refractivity contribution >= 4 is 17.9 Å². The van der Waals surface area contributed by atoms with Crippen LogP contribution in [0.15, 0.2) is 18.2 Å². The number of esters is 1. The zero-order valence-corrected chi connectivity index (χ0v) is 11.4. The second-order valence-corrected chi connectivity index (χ2v) is 4.52. The van der Waals surface area contributed by atoms with Crippen LogP contribution < -0.4 is 11.1 Å². The Morgan fingerprint density at radius 3 is 2.14 bits per heavy atom. The van der Waals surface area contributed by atoms with E-state index in [1.54, 1.807) is 5.32 Å². The van der Waals surface area contributed by atoms with Crippen molar-refractivity contribution in [3.63, 3.8) is 0 Å². The van der Waals surface area contributed by atoms with Gasteiger partial charge < -0.3 is 10.5 Å². The first-order valence-corrected chi connectivity index (χ1v) is 5.99. The molecule has 0 saturated heterocycles. The molecule has 0 heterocycles. The number of halogens is 2. The maximum Gasteiger partial charge on any atom is 0.344 e. The van der Waals surface area contributed by atoms with E-state index in [2.05, 4.69) is 0 Å². The number of imide groups is 1. The molecular weight excluding hydrogens is 286 g/mol. The molecule has 0 aliphatic rings. The minimum atomic E-state index is -1.41. The number of ether oxygens (including phenoxy) is 1. The van der Waals surface area contributed by atoms with E-state index in [9.17, 15) is 23.2 Å². The third kappa shape index (κ3) is 4.23. The molecular formula is C13H14F2N2O4. The molecule has 0 bridgehead atoms. The lowest BCUT2D eigenvalue weighted by molar-refractivity contribution is -0.130. The molecule has 0 fully saturated rings. The van der Waals surface area contributed by atoms with E-state index >= 15 is 0 Å². The molecule has 0 aromatic heterocycles. The minimum absolute atomic E-state index is 0.539. The topological polar surface area (TPSA) is 98.5 Å². The number of hydrogen-bond acceptors (Lipinski definition) is 4. The number of amides is 3. The molecule has 21 heavy (non-hydrogen) atoms. The van der Waals surface area contributed by atoms with Gasteiger partial charge in [0.2, 0.25) is 0 Å². The van der Waals surface area contributed by atoms with Crippen LogP contribution in [0.4, 0.5) is 13.6 Å². The Balaban J connectivity index is 2.97. The summed E-state index contributed by atoms with van der Waals surface area (Å²) in [6.07, 6.45) is -1.41. The van der Waals surface area contributed by atoms with Gasteiger partial charge in [-0.3, -0.25) is 10.1 Å². The van der Waals surface area contributed by atoms with Crippen molar-refractivity contribution in [2.45, 2.75) is 20.0 Å². The molecule has 0 aliphatic heterocycles. The van der Waals surface area contributed by atoms with E-state index in [1.807, 2.05) is 0 Å². The highest BCUT2D eigenvalue weighted by molar-refractivity contribution is 5.98. The fourth-order valence-corrected chi connectivity index (χ4v) is 1.55. The van der Waals surface area contributed by atoms with Crippen molar-refractivity contribution in [3.8, 4) is 0 Å². The number of rotatable bonds is 4. The van der Waals surface area contributed by atoms with Crippen LogP contribution in [0.5, 0.6) is 0 Å². The largest absolute Gasteiger partial charge is 0.448 e.